The van der Waals surface area contributed by atoms with E-state index >= 15 is 0 Å². The van der Waals surface area contributed by atoms with E-state index in [1.807, 2.05) is 0 Å². The summed E-state index contributed by atoms with van der Waals surface area (Å²) in [5, 5.41) is 5.21. The average Bonchev–Trinajstić information content (AvgIpc) is 3.11. The van der Waals surface area contributed by atoms with Crippen LogP contribution in [0, 0.1) is 18.8 Å². The molecule has 0 spiro atoms. The molecule has 154 valence electrons. The van der Waals surface area contributed by atoms with Crippen molar-refractivity contribution in [2.75, 3.05) is 0 Å². The van der Waals surface area contributed by atoms with Crippen LogP contribution >= 0.6 is 0 Å². The lowest BCUT2D eigenvalue weighted by molar-refractivity contribution is 0.240. The second-order valence-corrected chi connectivity index (χ2v) is 9.00. The van der Waals surface area contributed by atoms with Crippen LogP contribution in [0.4, 0.5) is 0 Å². The number of hydrogen-bond acceptors (Lipinski definition) is 1. The summed E-state index contributed by atoms with van der Waals surface area (Å²) in [7, 11) is 0. The van der Waals surface area contributed by atoms with Crippen LogP contribution in [-0.4, -0.2) is 9.78 Å². The van der Waals surface area contributed by atoms with E-state index in [9.17, 15) is 0 Å². The standard InChI is InChI=1S/C27H36N2/c1-4-21-14-16-23(17-15-21)19-29-20(3)26(25-13-9-10-22(5-2)18-25)27(28-29)24-11-7-6-8-12-24/h6-7,9-11,13,18,21,23H,4-5,8,12,14-17,19H2,1-3H3. The van der Waals surface area contributed by atoms with Gasteiger partial charge in [0.1, 0.15) is 0 Å². The van der Waals surface area contributed by atoms with Crippen molar-refractivity contribution in [1.29, 1.82) is 0 Å². The first-order valence-corrected chi connectivity index (χ1v) is 11.7. The molecule has 0 aliphatic heterocycles. The molecule has 1 saturated carbocycles. The summed E-state index contributed by atoms with van der Waals surface area (Å²) in [6.45, 7) is 7.93. The van der Waals surface area contributed by atoms with Gasteiger partial charge in [-0.3, -0.25) is 4.68 Å². The molecule has 0 amide bonds. The molecule has 29 heavy (non-hydrogen) atoms. The molecule has 1 aromatic heterocycles. The highest BCUT2D eigenvalue weighted by Gasteiger charge is 2.24. The number of nitrogens with zero attached hydrogens (tertiary/aromatic N) is 2. The third-order valence-corrected chi connectivity index (χ3v) is 7.12. The molecule has 2 nitrogen and oxygen atoms in total. The Labute approximate surface area is 176 Å². The molecule has 0 radical (unpaired) electrons. The molecule has 4 rings (SSSR count). The molecular formula is C27H36N2. The molecule has 0 bridgehead atoms. The van der Waals surface area contributed by atoms with Crippen LogP contribution < -0.4 is 0 Å². The molecule has 2 aliphatic rings. The number of benzene rings is 1. The van der Waals surface area contributed by atoms with Gasteiger partial charge in [-0.25, -0.2) is 0 Å². The minimum absolute atomic E-state index is 0.777. The molecule has 0 atom stereocenters. The highest BCUT2D eigenvalue weighted by atomic mass is 15.3. The number of aromatic nitrogens is 2. The van der Waals surface area contributed by atoms with E-state index in [4.69, 9.17) is 5.10 Å². The van der Waals surface area contributed by atoms with E-state index in [0.29, 0.717) is 0 Å². The van der Waals surface area contributed by atoms with Crippen molar-refractivity contribution in [2.45, 2.75) is 78.7 Å². The normalized spacial score (nSPS) is 22.0. The lowest BCUT2D eigenvalue weighted by Gasteiger charge is -2.28. The minimum atomic E-state index is 0.777. The average molecular weight is 389 g/mol. The summed E-state index contributed by atoms with van der Waals surface area (Å²) in [5.41, 5.74) is 8.01. The predicted molar refractivity (Wildman–Crippen MR) is 124 cm³/mol. The molecule has 0 saturated heterocycles. The number of allylic oxidation sites excluding steroid dienone is 4. The molecule has 1 aromatic carbocycles. The SMILES string of the molecule is CCc1cccc(-c2c(C3=CC=CCC3)nn(CC3CCC(CC)CC3)c2C)c1. The first-order chi connectivity index (χ1) is 14.2. The summed E-state index contributed by atoms with van der Waals surface area (Å²) < 4.78 is 2.33. The second kappa shape index (κ2) is 9.15. The smallest absolute Gasteiger partial charge is 0.0964 e. The molecule has 0 N–H and O–H groups in total. The maximum Gasteiger partial charge on any atom is 0.0964 e. The van der Waals surface area contributed by atoms with Crippen molar-refractivity contribution >= 4 is 5.57 Å². The summed E-state index contributed by atoms with van der Waals surface area (Å²) in [4.78, 5) is 0. The van der Waals surface area contributed by atoms with Gasteiger partial charge in [0.15, 0.2) is 0 Å². The van der Waals surface area contributed by atoms with Crippen molar-refractivity contribution in [3.05, 3.63) is 59.4 Å². The Hall–Kier alpha value is -2.09. The van der Waals surface area contributed by atoms with Gasteiger partial charge in [-0.1, -0.05) is 75.6 Å². The summed E-state index contributed by atoms with van der Waals surface area (Å²) in [6.07, 6.45) is 16.9. The summed E-state index contributed by atoms with van der Waals surface area (Å²) in [6, 6.07) is 9.07. The van der Waals surface area contributed by atoms with E-state index in [1.54, 1.807) is 0 Å². The monoisotopic (exact) mass is 388 g/mol. The van der Waals surface area contributed by atoms with Crippen LogP contribution in [0.15, 0.2) is 42.5 Å². The minimum Gasteiger partial charge on any atom is -0.268 e. The van der Waals surface area contributed by atoms with Gasteiger partial charge in [0.2, 0.25) is 0 Å². The number of hydrogen-bond donors (Lipinski definition) is 0. The third kappa shape index (κ3) is 4.42. The van der Waals surface area contributed by atoms with Crippen LogP contribution in [0.1, 0.15) is 75.7 Å². The Bertz CT molecular complexity index is 891. The maximum absolute atomic E-state index is 5.21. The van der Waals surface area contributed by atoms with Crippen LogP contribution in [-0.2, 0) is 13.0 Å². The lowest BCUT2D eigenvalue weighted by atomic mass is 9.81. The van der Waals surface area contributed by atoms with Crippen molar-refractivity contribution in [3.63, 3.8) is 0 Å². The predicted octanol–water partition coefficient (Wildman–Crippen LogP) is 7.37. The highest BCUT2D eigenvalue weighted by Crippen LogP contribution is 2.37. The van der Waals surface area contributed by atoms with Gasteiger partial charge in [0, 0.05) is 17.8 Å². The molecule has 1 fully saturated rings. The lowest BCUT2D eigenvalue weighted by Crippen LogP contribution is -2.20. The molecular weight excluding hydrogens is 352 g/mol. The fourth-order valence-corrected chi connectivity index (χ4v) is 5.11. The Balaban J connectivity index is 1.69. The van der Waals surface area contributed by atoms with Gasteiger partial charge in [0.05, 0.1) is 5.69 Å². The third-order valence-electron chi connectivity index (χ3n) is 7.12. The van der Waals surface area contributed by atoms with Crippen LogP contribution in [0.25, 0.3) is 16.7 Å². The Morgan fingerprint density at radius 2 is 1.86 bits per heavy atom. The van der Waals surface area contributed by atoms with Crippen molar-refractivity contribution < 1.29 is 0 Å². The Morgan fingerprint density at radius 1 is 1.07 bits per heavy atom. The fraction of sp³-hybridized carbons (Fsp3) is 0.519. The van der Waals surface area contributed by atoms with Gasteiger partial charge in [-0.05, 0) is 67.6 Å². The van der Waals surface area contributed by atoms with E-state index in [2.05, 4.69) is 67.9 Å². The summed E-state index contributed by atoms with van der Waals surface area (Å²) >= 11 is 0. The molecule has 2 aromatic rings. The van der Waals surface area contributed by atoms with E-state index in [-0.39, 0.29) is 0 Å². The van der Waals surface area contributed by atoms with Gasteiger partial charge >= 0.3 is 0 Å². The van der Waals surface area contributed by atoms with Crippen molar-refractivity contribution in [3.8, 4) is 11.1 Å². The number of rotatable bonds is 6. The summed E-state index contributed by atoms with van der Waals surface area (Å²) in [5.74, 6) is 1.73. The van der Waals surface area contributed by atoms with E-state index in [1.165, 1.54) is 65.8 Å². The Kier molecular flexibility index (Phi) is 6.37. The number of aryl methyl sites for hydroxylation is 1. The van der Waals surface area contributed by atoms with Crippen molar-refractivity contribution in [1.82, 2.24) is 9.78 Å². The zero-order valence-electron chi connectivity index (χ0n) is 18.5. The van der Waals surface area contributed by atoms with Gasteiger partial charge < -0.3 is 0 Å². The van der Waals surface area contributed by atoms with Gasteiger partial charge in [-0.2, -0.15) is 5.10 Å². The molecule has 2 heteroatoms. The topological polar surface area (TPSA) is 17.8 Å². The van der Waals surface area contributed by atoms with Gasteiger partial charge in [-0.15, -0.1) is 0 Å². The molecule has 1 heterocycles. The van der Waals surface area contributed by atoms with Gasteiger partial charge in [0.25, 0.3) is 0 Å². The first-order valence-electron chi connectivity index (χ1n) is 11.7. The van der Waals surface area contributed by atoms with Crippen LogP contribution in [0.3, 0.4) is 0 Å². The maximum atomic E-state index is 5.21. The second-order valence-electron chi connectivity index (χ2n) is 9.00. The molecule has 2 aliphatic carbocycles. The van der Waals surface area contributed by atoms with Crippen LogP contribution in [0.2, 0.25) is 0 Å². The van der Waals surface area contributed by atoms with Crippen LogP contribution in [0.5, 0.6) is 0 Å². The zero-order valence-corrected chi connectivity index (χ0v) is 18.5. The zero-order chi connectivity index (χ0) is 20.2. The highest BCUT2D eigenvalue weighted by molar-refractivity contribution is 5.82. The van der Waals surface area contributed by atoms with E-state index < -0.39 is 0 Å². The first kappa shape index (κ1) is 20.2. The largest absolute Gasteiger partial charge is 0.268 e. The quantitative estimate of drug-likeness (QED) is 0.505. The fourth-order valence-electron chi connectivity index (χ4n) is 5.11. The van der Waals surface area contributed by atoms with Crippen molar-refractivity contribution in [2.24, 2.45) is 11.8 Å². The Morgan fingerprint density at radius 3 is 2.55 bits per heavy atom. The molecule has 0 unspecified atom stereocenters. The van der Waals surface area contributed by atoms with E-state index in [0.717, 1.165) is 37.6 Å².